The maximum atomic E-state index is 5.50. The van der Waals surface area contributed by atoms with Crippen LogP contribution in [0.4, 0.5) is 0 Å². The molecule has 0 aliphatic rings. The third-order valence-corrected chi connectivity index (χ3v) is 2.13. The Morgan fingerprint density at radius 2 is 1.71 bits per heavy atom. The van der Waals surface area contributed by atoms with Gasteiger partial charge in [-0.15, -0.1) is 12.4 Å². The van der Waals surface area contributed by atoms with Gasteiger partial charge in [-0.2, -0.15) is 0 Å². The van der Waals surface area contributed by atoms with E-state index in [0.717, 1.165) is 11.1 Å². The predicted octanol–water partition coefficient (Wildman–Crippen LogP) is 2.46. The van der Waals surface area contributed by atoms with Gasteiger partial charge < -0.3 is 10.5 Å². The van der Waals surface area contributed by atoms with Gasteiger partial charge in [0.15, 0.2) is 0 Å². The summed E-state index contributed by atoms with van der Waals surface area (Å²) in [5.74, 6) is 0.709. The molecule has 0 radical (unpaired) electrons. The molecular weight excluding hydrogens is 238 g/mol. The van der Waals surface area contributed by atoms with Crippen molar-refractivity contribution in [3.8, 4) is 11.8 Å². The first-order chi connectivity index (χ1) is 7.78. The summed E-state index contributed by atoms with van der Waals surface area (Å²) >= 11 is 0. The Labute approximate surface area is 106 Å². The first-order valence-corrected chi connectivity index (χ1v) is 5.03. The highest BCUT2D eigenvalue weighted by atomic mass is 35.5. The molecule has 2 aromatic rings. The second kappa shape index (κ2) is 6.18. The van der Waals surface area contributed by atoms with Crippen molar-refractivity contribution in [2.24, 2.45) is 5.73 Å². The van der Waals surface area contributed by atoms with Gasteiger partial charge in [0.05, 0.1) is 0 Å². The van der Waals surface area contributed by atoms with Crippen LogP contribution in [0.1, 0.15) is 11.1 Å². The number of ether oxygens (including phenoxy) is 1. The first-order valence-electron chi connectivity index (χ1n) is 5.03. The van der Waals surface area contributed by atoms with Crippen LogP contribution in [0.3, 0.4) is 0 Å². The van der Waals surface area contributed by atoms with Crippen molar-refractivity contribution in [2.75, 3.05) is 0 Å². The number of hydrogen-bond acceptors (Lipinski definition) is 4. The fourth-order valence-corrected chi connectivity index (χ4v) is 1.23. The zero-order valence-electron chi connectivity index (χ0n) is 9.46. The summed E-state index contributed by atoms with van der Waals surface area (Å²) in [4.78, 5) is 8.12. The molecule has 0 saturated carbocycles. The largest absolute Gasteiger partial charge is 0.424 e. The van der Waals surface area contributed by atoms with E-state index in [1.807, 2.05) is 31.2 Å². The molecule has 0 unspecified atom stereocenters. The van der Waals surface area contributed by atoms with Crippen LogP contribution in [0.25, 0.3) is 0 Å². The van der Waals surface area contributed by atoms with Crippen molar-refractivity contribution < 1.29 is 4.74 Å². The normalized spacial score (nSPS) is 9.53. The van der Waals surface area contributed by atoms with Gasteiger partial charge >= 0.3 is 6.01 Å². The number of hydrogen-bond donors (Lipinski definition) is 1. The van der Waals surface area contributed by atoms with E-state index in [4.69, 9.17) is 10.5 Å². The summed E-state index contributed by atoms with van der Waals surface area (Å²) in [6.45, 7) is 2.46. The maximum Gasteiger partial charge on any atom is 0.321 e. The molecule has 2 rings (SSSR count). The molecule has 1 aromatic carbocycles. The van der Waals surface area contributed by atoms with E-state index in [2.05, 4.69) is 9.97 Å². The average Bonchev–Trinajstić information content (AvgIpc) is 2.33. The number of benzene rings is 1. The van der Waals surface area contributed by atoms with Crippen LogP contribution in [0.15, 0.2) is 36.7 Å². The highest BCUT2D eigenvalue weighted by Crippen LogP contribution is 2.17. The van der Waals surface area contributed by atoms with E-state index in [1.54, 1.807) is 12.4 Å². The monoisotopic (exact) mass is 251 g/mol. The summed E-state index contributed by atoms with van der Waals surface area (Å²) in [7, 11) is 0. The molecule has 1 aromatic heterocycles. The van der Waals surface area contributed by atoms with Crippen molar-refractivity contribution in [3.63, 3.8) is 0 Å². The third kappa shape index (κ3) is 3.69. The molecule has 90 valence electrons. The molecule has 0 saturated heterocycles. The molecule has 4 nitrogen and oxygen atoms in total. The first kappa shape index (κ1) is 13.4. The van der Waals surface area contributed by atoms with Crippen molar-refractivity contribution in [2.45, 2.75) is 13.5 Å². The topological polar surface area (TPSA) is 61.0 Å². The number of aromatic nitrogens is 2. The summed E-state index contributed by atoms with van der Waals surface area (Å²) in [5.41, 5.74) is 7.58. The summed E-state index contributed by atoms with van der Waals surface area (Å²) in [6.07, 6.45) is 3.44. The SMILES string of the molecule is Cc1cnc(Oc2ccc(CN)cc2)nc1.Cl. The number of nitrogens with two attached hydrogens (primary N) is 1. The molecule has 0 spiro atoms. The zero-order valence-corrected chi connectivity index (χ0v) is 10.3. The third-order valence-electron chi connectivity index (χ3n) is 2.13. The van der Waals surface area contributed by atoms with Crippen LogP contribution in [0.2, 0.25) is 0 Å². The standard InChI is InChI=1S/C12H13N3O.ClH/c1-9-7-14-12(15-8-9)16-11-4-2-10(6-13)3-5-11;/h2-5,7-8H,6,13H2,1H3;1H. The number of halogens is 1. The molecule has 0 fully saturated rings. The Morgan fingerprint density at radius 1 is 1.12 bits per heavy atom. The Balaban J connectivity index is 0.00000144. The van der Waals surface area contributed by atoms with E-state index < -0.39 is 0 Å². The van der Waals surface area contributed by atoms with E-state index in [9.17, 15) is 0 Å². The molecule has 2 N–H and O–H groups in total. The maximum absolute atomic E-state index is 5.50. The molecule has 0 amide bonds. The van der Waals surface area contributed by atoms with Crippen molar-refractivity contribution >= 4 is 12.4 Å². The van der Waals surface area contributed by atoms with E-state index in [-0.39, 0.29) is 12.4 Å². The van der Waals surface area contributed by atoms with Crippen molar-refractivity contribution in [1.29, 1.82) is 0 Å². The highest BCUT2D eigenvalue weighted by molar-refractivity contribution is 5.85. The Bertz CT molecular complexity index is 456. The van der Waals surface area contributed by atoms with Gasteiger partial charge in [-0.05, 0) is 30.2 Å². The van der Waals surface area contributed by atoms with Crippen LogP contribution in [0, 0.1) is 6.92 Å². The lowest BCUT2D eigenvalue weighted by atomic mass is 10.2. The van der Waals surface area contributed by atoms with Crippen LogP contribution >= 0.6 is 12.4 Å². The second-order valence-electron chi connectivity index (χ2n) is 3.49. The highest BCUT2D eigenvalue weighted by Gasteiger charge is 1.99. The summed E-state index contributed by atoms with van der Waals surface area (Å²) in [5, 5.41) is 0. The molecular formula is C12H14ClN3O. The van der Waals surface area contributed by atoms with E-state index >= 15 is 0 Å². The van der Waals surface area contributed by atoms with Crippen molar-refractivity contribution in [3.05, 3.63) is 47.8 Å². The van der Waals surface area contributed by atoms with Crippen LogP contribution in [-0.2, 0) is 6.54 Å². The lowest BCUT2D eigenvalue weighted by Crippen LogP contribution is -1.96. The quantitative estimate of drug-likeness (QED) is 0.910. The lowest BCUT2D eigenvalue weighted by molar-refractivity contribution is 0.441. The Kier molecular flexibility index (Phi) is 4.87. The van der Waals surface area contributed by atoms with Gasteiger partial charge in [-0.1, -0.05) is 12.1 Å². The fourth-order valence-electron chi connectivity index (χ4n) is 1.23. The van der Waals surface area contributed by atoms with E-state index in [0.29, 0.717) is 18.3 Å². The number of rotatable bonds is 3. The summed E-state index contributed by atoms with van der Waals surface area (Å²) < 4.78 is 5.47. The fraction of sp³-hybridized carbons (Fsp3) is 0.167. The summed E-state index contributed by atoms with van der Waals surface area (Å²) in [6, 6.07) is 7.90. The zero-order chi connectivity index (χ0) is 11.4. The minimum atomic E-state index is 0. The second-order valence-corrected chi connectivity index (χ2v) is 3.49. The van der Waals surface area contributed by atoms with Crippen molar-refractivity contribution in [1.82, 2.24) is 9.97 Å². The van der Waals surface area contributed by atoms with Crippen LogP contribution in [-0.4, -0.2) is 9.97 Å². The number of aryl methyl sites for hydroxylation is 1. The molecule has 0 bridgehead atoms. The van der Waals surface area contributed by atoms with Gasteiger partial charge in [0, 0.05) is 18.9 Å². The number of nitrogens with zero attached hydrogens (tertiary/aromatic N) is 2. The van der Waals surface area contributed by atoms with Gasteiger partial charge in [-0.25, -0.2) is 9.97 Å². The van der Waals surface area contributed by atoms with Gasteiger partial charge in [-0.3, -0.25) is 0 Å². The lowest BCUT2D eigenvalue weighted by Gasteiger charge is -2.04. The van der Waals surface area contributed by atoms with Gasteiger partial charge in [0.25, 0.3) is 0 Å². The molecule has 1 heterocycles. The molecule has 0 aliphatic heterocycles. The smallest absolute Gasteiger partial charge is 0.321 e. The predicted molar refractivity (Wildman–Crippen MR) is 68.4 cm³/mol. The van der Waals surface area contributed by atoms with Crippen LogP contribution in [0.5, 0.6) is 11.8 Å². The van der Waals surface area contributed by atoms with Gasteiger partial charge in [0.1, 0.15) is 5.75 Å². The average molecular weight is 252 g/mol. The van der Waals surface area contributed by atoms with Gasteiger partial charge in [0.2, 0.25) is 0 Å². The van der Waals surface area contributed by atoms with Crippen LogP contribution < -0.4 is 10.5 Å². The molecule has 5 heteroatoms. The molecule has 17 heavy (non-hydrogen) atoms. The Morgan fingerprint density at radius 3 is 2.24 bits per heavy atom. The molecule has 0 aliphatic carbocycles. The van der Waals surface area contributed by atoms with E-state index in [1.165, 1.54) is 0 Å². The minimum Gasteiger partial charge on any atom is -0.424 e. The minimum absolute atomic E-state index is 0. The molecule has 0 atom stereocenters. The Hall–Kier alpha value is -1.65.